The van der Waals surface area contributed by atoms with Gasteiger partial charge in [0.1, 0.15) is 5.60 Å². The predicted molar refractivity (Wildman–Crippen MR) is 167 cm³/mol. The predicted octanol–water partition coefficient (Wildman–Crippen LogP) is 6.76. The average Bonchev–Trinajstić information content (AvgIpc) is 3.35. The third kappa shape index (κ3) is 5.88. The Morgan fingerprint density at radius 2 is 1.88 bits per heavy atom. The number of carbonyl (C=O) groups is 1. The number of ether oxygens (including phenoxy) is 2. The molecule has 0 bridgehead atoms. The summed E-state index contributed by atoms with van der Waals surface area (Å²) < 4.78 is 13.7. The maximum atomic E-state index is 12.3. The van der Waals surface area contributed by atoms with Gasteiger partial charge in [-0.1, -0.05) is 32.0 Å². The van der Waals surface area contributed by atoms with Gasteiger partial charge in [-0.3, -0.25) is 4.90 Å². The molecule has 2 fully saturated rings. The number of nitrogens with one attached hydrogen (secondary N) is 1. The first-order valence-corrected chi connectivity index (χ1v) is 15.7. The summed E-state index contributed by atoms with van der Waals surface area (Å²) in [7, 11) is 2.28. The van der Waals surface area contributed by atoms with E-state index in [2.05, 4.69) is 78.4 Å². The van der Waals surface area contributed by atoms with E-state index in [1.54, 1.807) is 4.90 Å². The van der Waals surface area contributed by atoms with E-state index in [9.17, 15) is 4.79 Å². The first kappa shape index (κ1) is 29.0. The summed E-state index contributed by atoms with van der Waals surface area (Å²) in [5, 5.41) is 9.69. The number of fused-ring (bicyclic) bond motifs is 3. The molecule has 0 aliphatic carbocycles. The molecule has 0 saturated carbocycles. The Morgan fingerprint density at radius 1 is 1.12 bits per heavy atom. The second-order valence-electron chi connectivity index (χ2n) is 13.9. The van der Waals surface area contributed by atoms with E-state index in [4.69, 9.17) is 14.6 Å². The molecule has 42 heavy (non-hydrogen) atoms. The minimum absolute atomic E-state index is 0.0343. The van der Waals surface area contributed by atoms with Crippen molar-refractivity contribution in [3.05, 3.63) is 59.3 Å². The Balaban J connectivity index is 1.23. The molecule has 1 amide bonds. The zero-order valence-corrected chi connectivity index (χ0v) is 26.1. The fraction of sp³-hybridized carbons (Fsp3) is 0.588. The molecule has 0 radical (unpaired) electrons. The Bertz CT molecular complexity index is 1400. The SMILES string of the molecule is CC(C)C[C@H]1[C@H](c2ccc(NC3CN(C(=O)OC(C)(C)C)C3)cc2)c2ccc3c(cnn3C3CCCCO3)c2CN1C. The molecule has 8 nitrogen and oxygen atoms in total. The molecule has 226 valence electrons. The lowest BCUT2D eigenvalue weighted by molar-refractivity contribution is -0.0366. The fourth-order valence-corrected chi connectivity index (χ4v) is 6.91. The summed E-state index contributed by atoms with van der Waals surface area (Å²) >= 11 is 0. The number of likely N-dealkylation sites (tertiary alicyclic amines) is 1. The molecule has 3 aromatic rings. The molecule has 3 atom stereocenters. The maximum Gasteiger partial charge on any atom is 0.410 e. The zero-order valence-electron chi connectivity index (χ0n) is 26.1. The van der Waals surface area contributed by atoms with Crippen LogP contribution in [0.25, 0.3) is 10.9 Å². The quantitative estimate of drug-likeness (QED) is 0.351. The van der Waals surface area contributed by atoms with Gasteiger partial charge in [0.05, 0.1) is 17.8 Å². The minimum Gasteiger partial charge on any atom is -0.444 e. The van der Waals surface area contributed by atoms with Gasteiger partial charge in [0.2, 0.25) is 0 Å². The van der Waals surface area contributed by atoms with Crippen LogP contribution >= 0.6 is 0 Å². The number of rotatable bonds is 6. The largest absolute Gasteiger partial charge is 0.444 e. The molecule has 8 heteroatoms. The monoisotopic (exact) mass is 573 g/mol. The fourth-order valence-electron chi connectivity index (χ4n) is 6.91. The lowest BCUT2D eigenvalue weighted by atomic mass is 9.75. The van der Waals surface area contributed by atoms with E-state index in [0.717, 1.165) is 38.1 Å². The highest BCUT2D eigenvalue weighted by Crippen LogP contribution is 2.43. The molecule has 3 aliphatic rings. The highest BCUT2D eigenvalue weighted by molar-refractivity contribution is 5.84. The first-order chi connectivity index (χ1) is 20.1. The number of carbonyl (C=O) groups excluding carboxylic acids is 1. The van der Waals surface area contributed by atoms with Crippen LogP contribution in [0.1, 0.15) is 89.1 Å². The Hall–Kier alpha value is -3.10. The average molecular weight is 574 g/mol. The Labute approximate surface area is 250 Å². The van der Waals surface area contributed by atoms with Crippen LogP contribution in [0.2, 0.25) is 0 Å². The molecule has 0 spiro atoms. The van der Waals surface area contributed by atoms with Crippen LogP contribution in [0.4, 0.5) is 10.5 Å². The summed E-state index contributed by atoms with van der Waals surface area (Å²) in [4.78, 5) is 16.6. The van der Waals surface area contributed by atoms with Crippen LogP contribution < -0.4 is 5.32 Å². The second kappa shape index (κ2) is 11.5. The van der Waals surface area contributed by atoms with Crippen molar-refractivity contribution in [3.63, 3.8) is 0 Å². The van der Waals surface area contributed by atoms with Crippen molar-refractivity contribution in [1.82, 2.24) is 19.6 Å². The first-order valence-electron chi connectivity index (χ1n) is 15.7. The van der Waals surface area contributed by atoms with Gasteiger partial charge in [-0.25, -0.2) is 9.48 Å². The van der Waals surface area contributed by atoms with Crippen LogP contribution in [0.5, 0.6) is 0 Å². The Morgan fingerprint density at radius 3 is 2.55 bits per heavy atom. The second-order valence-corrected chi connectivity index (χ2v) is 13.9. The molecule has 1 unspecified atom stereocenters. The number of likely N-dealkylation sites (N-methyl/N-ethyl adjacent to an activating group) is 1. The van der Waals surface area contributed by atoms with Crippen LogP contribution in [0.3, 0.4) is 0 Å². The van der Waals surface area contributed by atoms with Crippen LogP contribution in [-0.2, 0) is 16.0 Å². The van der Waals surface area contributed by atoms with Crippen molar-refractivity contribution < 1.29 is 14.3 Å². The van der Waals surface area contributed by atoms with E-state index >= 15 is 0 Å². The van der Waals surface area contributed by atoms with E-state index < -0.39 is 5.60 Å². The van der Waals surface area contributed by atoms with Gasteiger partial charge in [0, 0.05) is 49.3 Å². The third-order valence-electron chi connectivity index (χ3n) is 8.94. The third-order valence-corrected chi connectivity index (χ3v) is 8.94. The smallest absolute Gasteiger partial charge is 0.410 e. The van der Waals surface area contributed by atoms with Crippen LogP contribution in [0, 0.1) is 5.92 Å². The normalized spacial score (nSPS) is 23.6. The summed E-state index contributed by atoms with van der Waals surface area (Å²) in [5.74, 6) is 0.879. The van der Waals surface area contributed by atoms with Crippen molar-refractivity contribution in [1.29, 1.82) is 0 Å². The van der Waals surface area contributed by atoms with Crippen molar-refractivity contribution in [2.24, 2.45) is 5.92 Å². The molecule has 3 aliphatic heterocycles. The number of aromatic nitrogens is 2. The molecule has 6 rings (SSSR count). The van der Waals surface area contributed by atoms with Gasteiger partial charge in [0.25, 0.3) is 0 Å². The highest BCUT2D eigenvalue weighted by Gasteiger charge is 2.37. The van der Waals surface area contributed by atoms with Gasteiger partial charge in [0.15, 0.2) is 6.23 Å². The van der Waals surface area contributed by atoms with Gasteiger partial charge >= 0.3 is 6.09 Å². The number of benzene rings is 2. The van der Waals surface area contributed by atoms with Crippen molar-refractivity contribution in [2.45, 2.75) is 96.7 Å². The van der Waals surface area contributed by atoms with E-state index in [-0.39, 0.29) is 24.3 Å². The van der Waals surface area contributed by atoms with Crippen LogP contribution in [-0.4, -0.2) is 70.1 Å². The van der Waals surface area contributed by atoms with Gasteiger partial charge < -0.3 is 19.7 Å². The molecular formula is C34H47N5O3. The summed E-state index contributed by atoms with van der Waals surface area (Å²) in [5.41, 5.74) is 5.94. The molecule has 4 heterocycles. The standard InChI is InChI=1S/C34H47N5O3/c1-22(2)17-30-32(23-10-12-24(13-11-23)36-25-19-38(20-25)33(40)42-34(3,4)5)26-14-15-29-27(28(26)21-37(30)6)18-35-39(29)31-9-7-8-16-41-31/h10-15,18,22,25,30-32,36H,7-9,16-17,19-21H2,1-6H3/t30-,31?,32+/m0/s1. The molecule has 1 N–H and O–H groups in total. The molecule has 1 aromatic heterocycles. The lowest BCUT2D eigenvalue weighted by Gasteiger charge is -2.42. The van der Waals surface area contributed by atoms with Crippen molar-refractivity contribution >= 4 is 22.7 Å². The molecule has 2 saturated heterocycles. The van der Waals surface area contributed by atoms with E-state index in [1.807, 2.05) is 20.8 Å². The number of hydrogen-bond acceptors (Lipinski definition) is 6. The van der Waals surface area contributed by atoms with Crippen molar-refractivity contribution in [2.75, 3.05) is 32.1 Å². The summed E-state index contributed by atoms with van der Waals surface area (Å²) in [6.45, 7) is 13.4. The minimum atomic E-state index is -0.472. The summed E-state index contributed by atoms with van der Waals surface area (Å²) in [6.07, 6.45) is 6.33. The molecule has 2 aromatic carbocycles. The number of amides is 1. The van der Waals surface area contributed by atoms with E-state index in [1.165, 1.54) is 34.0 Å². The molecular weight excluding hydrogens is 526 g/mol. The highest BCUT2D eigenvalue weighted by atomic mass is 16.6. The lowest BCUT2D eigenvalue weighted by Crippen LogP contribution is -2.57. The summed E-state index contributed by atoms with van der Waals surface area (Å²) in [6, 6.07) is 14.2. The number of nitrogens with zero attached hydrogens (tertiary/aromatic N) is 4. The van der Waals surface area contributed by atoms with Crippen LogP contribution in [0.15, 0.2) is 42.6 Å². The topological polar surface area (TPSA) is 71.9 Å². The van der Waals surface area contributed by atoms with Gasteiger partial charge in [-0.15, -0.1) is 0 Å². The number of hydrogen-bond donors (Lipinski definition) is 1. The zero-order chi connectivity index (χ0) is 29.6. The van der Waals surface area contributed by atoms with Gasteiger partial charge in [-0.05, 0) is 94.3 Å². The van der Waals surface area contributed by atoms with E-state index in [0.29, 0.717) is 25.0 Å². The number of anilines is 1. The maximum absolute atomic E-state index is 12.3. The van der Waals surface area contributed by atoms with Gasteiger partial charge in [-0.2, -0.15) is 5.10 Å². The Kier molecular flexibility index (Phi) is 7.96. The van der Waals surface area contributed by atoms with Crippen molar-refractivity contribution in [3.8, 4) is 0 Å².